The van der Waals surface area contributed by atoms with Crippen LogP contribution in [0.2, 0.25) is 0 Å². The first kappa shape index (κ1) is 11.5. The zero-order valence-electron chi connectivity index (χ0n) is 10.4. The third-order valence-electron chi connectivity index (χ3n) is 3.38. The van der Waals surface area contributed by atoms with Gasteiger partial charge < -0.3 is 4.74 Å². The fourth-order valence-corrected chi connectivity index (χ4v) is 2.44. The van der Waals surface area contributed by atoms with E-state index in [1.165, 1.54) is 11.1 Å². The average Bonchev–Trinajstić information content (AvgIpc) is 2.83. The van der Waals surface area contributed by atoms with Crippen LogP contribution in [0.1, 0.15) is 30.4 Å². The van der Waals surface area contributed by atoms with Crippen molar-refractivity contribution in [3.05, 3.63) is 71.8 Å². The molecule has 2 heteroatoms. The van der Waals surface area contributed by atoms with Gasteiger partial charge >= 0.3 is 0 Å². The largest absolute Gasteiger partial charge is 0.350 e. The molecular weight excluding hydrogens is 222 g/mol. The number of benzene rings is 2. The molecule has 0 saturated carbocycles. The van der Waals surface area contributed by atoms with Crippen LogP contribution in [-0.2, 0) is 4.74 Å². The first-order chi connectivity index (χ1) is 8.84. The molecule has 1 N–H and O–H groups in total. The van der Waals surface area contributed by atoms with Crippen molar-refractivity contribution in [3.63, 3.8) is 0 Å². The fraction of sp³-hybridized carbons (Fsp3) is 0.250. The number of nitrogens with one attached hydrogen (secondary N) is 1. The summed E-state index contributed by atoms with van der Waals surface area (Å²) < 4.78 is 6.13. The van der Waals surface area contributed by atoms with Crippen molar-refractivity contribution >= 4 is 0 Å². The summed E-state index contributed by atoms with van der Waals surface area (Å²) in [5.41, 5.74) is 2.42. The molecule has 1 heterocycles. The maximum atomic E-state index is 6.13. The van der Waals surface area contributed by atoms with Crippen LogP contribution in [0.25, 0.3) is 0 Å². The molecule has 0 bridgehead atoms. The van der Waals surface area contributed by atoms with Crippen molar-refractivity contribution in [1.82, 2.24) is 5.32 Å². The molecule has 0 amide bonds. The quantitative estimate of drug-likeness (QED) is 0.866. The van der Waals surface area contributed by atoms with Crippen molar-refractivity contribution in [2.45, 2.75) is 25.3 Å². The zero-order valence-corrected chi connectivity index (χ0v) is 10.4. The summed E-state index contributed by atoms with van der Waals surface area (Å²) in [4.78, 5) is 0. The monoisotopic (exact) mass is 239 g/mol. The first-order valence-corrected chi connectivity index (χ1v) is 6.36. The van der Waals surface area contributed by atoms with E-state index in [0.29, 0.717) is 6.04 Å². The van der Waals surface area contributed by atoms with E-state index in [2.05, 4.69) is 48.6 Å². The lowest BCUT2D eigenvalue weighted by molar-refractivity contribution is 0.0363. The highest BCUT2D eigenvalue weighted by Gasteiger charge is 2.32. The van der Waals surface area contributed by atoms with E-state index in [-0.39, 0.29) is 12.3 Å². The third kappa shape index (κ3) is 2.17. The van der Waals surface area contributed by atoms with Gasteiger partial charge in [-0.15, -0.1) is 0 Å². The van der Waals surface area contributed by atoms with Gasteiger partial charge in [0.25, 0.3) is 0 Å². The standard InChI is InChI=1S/C16H17NO/c1-12-15(13-8-4-2-5-9-13)18-16(17-12)14-10-6-3-7-11-14/h2-12,15-17H,1H3/t12-,15-,16+/m0/s1. The molecule has 2 aromatic rings. The Morgan fingerprint density at radius 1 is 0.833 bits per heavy atom. The van der Waals surface area contributed by atoms with Crippen molar-refractivity contribution in [2.24, 2.45) is 0 Å². The highest BCUT2D eigenvalue weighted by Crippen LogP contribution is 2.34. The first-order valence-electron chi connectivity index (χ1n) is 6.36. The second-order valence-electron chi connectivity index (χ2n) is 4.71. The van der Waals surface area contributed by atoms with Crippen LogP contribution in [-0.4, -0.2) is 6.04 Å². The summed E-state index contributed by atoms with van der Waals surface area (Å²) in [6, 6.07) is 21.0. The summed E-state index contributed by atoms with van der Waals surface area (Å²) in [6.07, 6.45) is 0.114. The second kappa shape index (κ2) is 4.92. The summed E-state index contributed by atoms with van der Waals surface area (Å²) in [7, 11) is 0. The molecule has 1 saturated heterocycles. The Labute approximate surface area is 108 Å². The molecule has 2 aromatic carbocycles. The van der Waals surface area contributed by atoms with E-state index in [1.807, 2.05) is 24.3 Å². The number of hydrogen-bond donors (Lipinski definition) is 1. The highest BCUT2D eigenvalue weighted by molar-refractivity contribution is 5.23. The number of hydrogen-bond acceptors (Lipinski definition) is 2. The lowest BCUT2D eigenvalue weighted by Gasteiger charge is -2.14. The molecule has 18 heavy (non-hydrogen) atoms. The molecule has 1 aliphatic rings. The van der Waals surface area contributed by atoms with Gasteiger partial charge in [-0.3, -0.25) is 5.32 Å². The molecule has 0 aliphatic carbocycles. The smallest absolute Gasteiger partial charge is 0.135 e. The molecule has 0 aromatic heterocycles. The van der Waals surface area contributed by atoms with Crippen LogP contribution in [0.5, 0.6) is 0 Å². The minimum atomic E-state index is -0.00796. The maximum absolute atomic E-state index is 6.13. The molecule has 2 nitrogen and oxygen atoms in total. The second-order valence-corrected chi connectivity index (χ2v) is 4.71. The van der Waals surface area contributed by atoms with Crippen molar-refractivity contribution in [3.8, 4) is 0 Å². The number of ether oxygens (including phenoxy) is 1. The third-order valence-corrected chi connectivity index (χ3v) is 3.38. The summed E-state index contributed by atoms with van der Waals surface area (Å²) >= 11 is 0. The van der Waals surface area contributed by atoms with E-state index in [0.717, 1.165) is 0 Å². The van der Waals surface area contributed by atoms with Gasteiger partial charge in [-0.05, 0) is 18.1 Å². The zero-order chi connectivity index (χ0) is 12.4. The van der Waals surface area contributed by atoms with Crippen LogP contribution < -0.4 is 5.32 Å². The minimum Gasteiger partial charge on any atom is -0.350 e. The molecule has 1 fully saturated rings. The van der Waals surface area contributed by atoms with Gasteiger partial charge in [0.2, 0.25) is 0 Å². The van der Waals surface area contributed by atoms with E-state index < -0.39 is 0 Å². The summed E-state index contributed by atoms with van der Waals surface area (Å²) in [5, 5.41) is 3.50. The Morgan fingerprint density at radius 2 is 1.39 bits per heavy atom. The normalized spacial score (nSPS) is 27.3. The molecule has 3 rings (SSSR count). The van der Waals surface area contributed by atoms with E-state index in [4.69, 9.17) is 4.74 Å². The van der Waals surface area contributed by atoms with Gasteiger partial charge in [0.15, 0.2) is 0 Å². The van der Waals surface area contributed by atoms with Crippen LogP contribution in [0.3, 0.4) is 0 Å². The van der Waals surface area contributed by atoms with Gasteiger partial charge in [-0.25, -0.2) is 0 Å². The van der Waals surface area contributed by atoms with Crippen LogP contribution in [0.4, 0.5) is 0 Å². The van der Waals surface area contributed by atoms with E-state index >= 15 is 0 Å². The molecule has 92 valence electrons. The van der Waals surface area contributed by atoms with Crippen molar-refractivity contribution in [1.29, 1.82) is 0 Å². The molecular formula is C16H17NO. The van der Waals surface area contributed by atoms with E-state index in [1.54, 1.807) is 0 Å². The van der Waals surface area contributed by atoms with E-state index in [9.17, 15) is 0 Å². The molecule has 3 atom stereocenters. The van der Waals surface area contributed by atoms with Gasteiger partial charge in [0.05, 0.1) is 0 Å². The lowest BCUT2D eigenvalue weighted by Crippen LogP contribution is -2.23. The van der Waals surface area contributed by atoms with Crippen molar-refractivity contribution in [2.75, 3.05) is 0 Å². The molecule has 0 radical (unpaired) electrons. The topological polar surface area (TPSA) is 21.3 Å². The predicted molar refractivity (Wildman–Crippen MR) is 72.0 cm³/mol. The van der Waals surface area contributed by atoms with Gasteiger partial charge in [0.1, 0.15) is 12.3 Å². The lowest BCUT2D eigenvalue weighted by atomic mass is 10.0. The molecule has 0 spiro atoms. The average molecular weight is 239 g/mol. The minimum absolute atomic E-state index is 0.00796. The molecule has 0 unspecified atom stereocenters. The Balaban J connectivity index is 1.81. The van der Waals surface area contributed by atoms with Crippen LogP contribution in [0, 0.1) is 0 Å². The molecule has 1 aliphatic heterocycles. The Hall–Kier alpha value is -1.64. The Bertz CT molecular complexity index is 497. The summed E-state index contributed by atoms with van der Waals surface area (Å²) in [5.74, 6) is 0. The Morgan fingerprint density at radius 3 is 2.00 bits per heavy atom. The van der Waals surface area contributed by atoms with Crippen LogP contribution in [0.15, 0.2) is 60.7 Å². The SMILES string of the molecule is C[C@@H]1N[C@@H](c2ccccc2)O[C@@H]1c1ccccc1. The summed E-state index contributed by atoms with van der Waals surface area (Å²) in [6.45, 7) is 2.17. The predicted octanol–water partition coefficient (Wildman–Crippen LogP) is 3.43. The fourth-order valence-electron chi connectivity index (χ4n) is 2.44. The van der Waals surface area contributed by atoms with Gasteiger partial charge in [0, 0.05) is 6.04 Å². The van der Waals surface area contributed by atoms with Crippen molar-refractivity contribution < 1.29 is 4.74 Å². The highest BCUT2D eigenvalue weighted by atomic mass is 16.5. The maximum Gasteiger partial charge on any atom is 0.135 e. The number of rotatable bonds is 2. The van der Waals surface area contributed by atoms with Gasteiger partial charge in [-0.2, -0.15) is 0 Å². The van der Waals surface area contributed by atoms with Gasteiger partial charge in [-0.1, -0.05) is 60.7 Å². The van der Waals surface area contributed by atoms with Crippen LogP contribution >= 0.6 is 0 Å². The Kier molecular flexibility index (Phi) is 3.13.